The Bertz CT molecular complexity index is 698. The summed E-state index contributed by atoms with van der Waals surface area (Å²) in [4.78, 5) is 25.5. The highest BCUT2D eigenvalue weighted by atomic mass is 16.6. The minimum atomic E-state index is -0.451. The SMILES string of the molecule is CCOC(=O)N1CCC(N/C=C(/C#N)C(=O)Nc2ccc(C)cc2)CC1. The van der Waals surface area contributed by atoms with Crippen LogP contribution < -0.4 is 10.6 Å². The molecule has 26 heavy (non-hydrogen) atoms. The van der Waals surface area contributed by atoms with Crippen LogP contribution in [0.5, 0.6) is 0 Å². The summed E-state index contributed by atoms with van der Waals surface area (Å²) < 4.78 is 4.99. The third-order valence-electron chi connectivity index (χ3n) is 4.16. The van der Waals surface area contributed by atoms with E-state index in [0.717, 1.165) is 18.4 Å². The molecular weight excluding hydrogens is 332 g/mol. The highest BCUT2D eigenvalue weighted by Crippen LogP contribution is 2.13. The molecule has 0 unspecified atom stereocenters. The van der Waals surface area contributed by atoms with Crippen molar-refractivity contribution in [2.45, 2.75) is 32.7 Å². The molecule has 138 valence electrons. The van der Waals surface area contributed by atoms with E-state index in [1.807, 2.05) is 25.1 Å². The number of carbonyl (C=O) groups is 2. The summed E-state index contributed by atoms with van der Waals surface area (Å²) in [5.41, 5.74) is 1.75. The lowest BCUT2D eigenvalue weighted by Crippen LogP contribution is -2.44. The van der Waals surface area contributed by atoms with Gasteiger partial charge in [0.05, 0.1) is 6.61 Å². The van der Waals surface area contributed by atoms with Crippen molar-refractivity contribution in [3.63, 3.8) is 0 Å². The number of amides is 2. The lowest BCUT2D eigenvalue weighted by Gasteiger charge is -2.31. The maximum Gasteiger partial charge on any atom is 0.409 e. The van der Waals surface area contributed by atoms with Gasteiger partial charge < -0.3 is 20.3 Å². The van der Waals surface area contributed by atoms with Gasteiger partial charge in [-0.1, -0.05) is 17.7 Å². The first-order chi connectivity index (χ1) is 12.5. The van der Waals surface area contributed by atoms with E-state index in [9.17, 15) is 14.9 Å². The number of aryl methyl sites for hydroxylation is 1. The Hall–Kier alpha value is -3.01. The van der Waals surface area contributed by atoms with E-state index < -0.39 is 5.91 Å². The Balaban J connectivity index is 1.85. The summed E-state index contributed by atoms with van der Waals surface area (Å²) in [6.45, 7) is 5.27. The van der Waals surface area contributed by atoms with Crippen LogP contribution in [-0.4, -0.2) is 42.6 Å². The van der Waals surface area contributed by atoms with Gasteiger partial charge in [0.2, 0.25) is 0 Å². The van der Waals surface area contributed by atoms with Crippen molar-refractivity contribution in [2.24, 2.45) is 0 Å². The van der Waals surface area contributed by atoms with Gasteiger partial charge >= 0.3 is 6.09 Å². The van der Waals surface area contributed by atoms with Crippen LogP contribution in [0, 0.1) is 18.3 Å². The number of nitrogens with one attached hydrogen (secondary N) is 2. The first kappa shape index (κ1) is 19.3. The molecule has 1 aliphatic heterocycles. The second-order valence-corrected chi connectivity index (χ2v) is 6.12. The van der Waals surface area contributed by atoms with Crippen molar-refractivity contribution in [3.05, 3.63) is 41.6 Å². The number of carbonyl (C=O) groups excluding carboxylic acids is 2. The average Bonchev–Trinajstić information content (AvgIpc) is 2.65. The van der Waals surface area contributed by atoms with Crippen LogP contribution in [0.2, 0.25) is 0 Å². The second-order valence-electron chi connectivity index (χ2n) is 6.12. The molecule has 7 heteroatoms. The first-order valence-electron chi connectivity index (χ1n) is 8.69. The number of nitrogens with zero attached hydrogens (tertiary/aromatic N) is 2. The quantitative estimate of drug-likeness (QED) is 0.624. The van der Waals surface area contributed by atoms with Gasteiger partial charge in [-0.3, -0.25) is 4.79 Å². The summed E-state index contributed by atoms with van der Waals surface area (Å²) in [5.74, 6) is -0.451. The predicted octanol–water partition coefficient (Wildman–Crippen LogP) is 2.55. The van der Waals surface area contributed by atoms with E-state index in [1.165, 1.54) is 6.20 Å². The molecule has 2 N–H and O–H groups in total. The van der Waals surface area contributed by atoms with E-state index in [4.69, 9.17) is 4.74 Å². The number of benzene rings is 1. The first-order valence-corrected chi connectivity index (χ1v) is 8.69. The molecule has 1 saturated heterocycles. The monoisotopic (exact) mass is 356 g/mol. The smallest absolute Gasteiger partial charge is 0.409 e. The van der Waals surface area contributed by atoms with Crippen molar-refractivity contribution in [3.8, 4) is 6.07 Å². The van der Waals surface area contributed by atoms with E-state index in [0.29, 0.717) is 25.4 Å². The van der Waals surface area contributed by atoms with Gasteiger partial charge in [-0.05, 0) is 38.8 Å². The molecule has 0 aromatic heterocycles. The Labute approximate surface area is 153 Å². The largest absolute Gasteiger partial charge is 0.450 e. The Morgan fingerprint density at radius 2 is 1.96 bits per heavy atom. The molecule has 0 atom stereocenters. The minimum Gasteiger partial charge on any atom is -0.450 e. The summed E-state index contributed by atoms with van der Waals surface area (Å²) >= 11 is 0. The maximum absolute atomic E-state index is 12.2. The zero-order valence-electron chi connectivity index (χ0n) is 15.1. The number of piperidine rings is 1. The summed E-state index contributed by atoms with van der Waals surface area (Å²) in [7, 11) is 0. The highest BCUT2D eigenvalue weighted by Gasteiger charge is 2.23. The molecule has 0 radical (unpaired) electrons. The van der Waals surface area contributed by atoms with Gasteiger partial charge in [0, 0.05) is 31.0 Å². The molecule has 2 rings (SSSR count). The van der Waals surface area contributed by atoms with E-state index in [2.05, 4.69) is 10.6 Å². The van der Waals surface area contributed by atoms with Gasteiger partial charge in [-0.25, -0.2) is 4.79 Å². The lowest BCUT2D eigenvalue weighted by atomic mass is 10.1. The molecule has 0 bridgehead atoms. The molecule has 1 fully saturated rings. The van der Waals surface area contributed by atoms with Crippen LogP contribution in [0.15, 0.2) is 36.0 Å². The van der Waals surface area contributed by atoms with Crippen LogP contribution in [0.3, 0.4) is 0 Å². The van der Waals surface area contributed by atoms with E-state index >= 15 is 0 Å². The number of nitriles is 1. The average molecular weight is 356 g/mol. The van der Waals surface area contributed by atoms with Crippen molar-refractivity contribution < 1.29 is 14.3 Å². The van der Waals surface area contributed by atoms with Crippen LogP contribution >= 0.6 is 0 Å². The van der Waals surface area contributed by atoms with E-state index in [1.54, 1.807) is 24.0 Å². The molecule has 1 heterocycles. The molecule has 1 aliphatic rings. The van der Waals surface area contributed by atoms with Crippen LogP contribution in [0.25, 0.3) is 0 Å². The normalized spacial score (nSPS) is 15.1. The highest BCUT2D eigenvalue weighted by molar-refractivity contribution is 6.06. The van der Waals surface area contributed by atoms with Gasteiger partial charge in [-0.2, -0.15) is 5.26 Å². The molecule has 7 nitrogen and oxygen atoms in total. The fourth-order valence-electron chi connectivity index (χ4n) is 2.63. The number of anilines is 1. The number of likely N-dealkylation sites (tertiary alicyclic amines) is 1. The van der Waals surface area contributed by atoms with Crippen LogP contribution in [-0.2, 0) is 9.53 Å². The molecule has 1 aromatic carbocycles. The number of ether oxygens (including phenoxy) is 1. The van der Waals surface area contributed by atoms with Gasteiger partial charge in [0.15, 0.2) is 0 Å². The fourth-order valence-corrected chi connectivity index (χ4v) is 2.63. The standard InChI is InChI=1S/C19H24N4O3/c1-3-26-19(25)23-10-8-16(9-11-23)21-13-15(12-20)18(24)22-17-6-4-14(2)5-7-17/h4-7,13,16,21H,3,8-11H2,1-2H3,(H,22,24)/b15-13-. The van der Waals surface area contributed by atoms with E-state index in [-0.39, 0.29) is 17.7 Å². The third kappa shape index (κ3) is 5.52. The minimum absolute atomic E-state index is 0.0124. The molecular formula is C19H24N4O3. The second kappa shape index (κ2) is 9.47. The predicted molar refractivity (Wildman–Crippen MR) is 98.3 cm³/mol. The van der Waals surface area contributed by atoms with Crippen molar-refractivity contribution in [2.75, 3.05) is 25.0 Å². The Morgan fingerprint density at radius 3 is 2.54 bits per heavy atom. The molecule has 0 saturated carbocycles. The Morgan fingerprint density at radius 1 is 1.31 bits per heavy atom. The van der Waals surface area contributed by atoms with Crippen molar-refractivity contribution in [1.29, 1.82) is 5.26 Å². The lowest BCUT2D eigenvalue weighted by molar-refractivity contribution is -0.112. The summed E-state index contributed by atoms with van der Waals surface area (Å²) in [5, 5.41) is 15.1. The number of rotatable bonds is 5. The van der Waals surface area contributed by atoms with Crippen molar-refractivity contribution in [1.82, 2.24) is 10.2 Å². The molecule has 0 aliphatic carbocycles. The maximum atomic E-state index is 12.2. The zero-order chi connectivity index (χ0) is 18.9. The van der Waals surface area contributed by atoms with Gasteiger partial charge in [-0.15, -0.1) is 0 Å². The zero-order valence-corrected chi connectivity index (χ0v) is 15.1. The van der Waals surface area contributed by atoms with Crippen LogP contribution in [0.4, 0.5) is 10.5 Å². The third-order valence-corrected chi connectivity index (χ3v) is 4.16. The molecule has 2 amide bonds. The van der Waals surface area contributed by atoms with Crippen molar-refractivity contribution >= 4 is 17.7 Å². The summed E-state index contributed by atoms with van der Waals surface area (Å²) in [6, 6.07) is 9.39. The topological polar surface area (TPSA) is 94.5 Å². The van der Waals surface area contributed by atoms with Gasteiger partial charge in [0.25, 0.3) is 5.91 Å². The molecule has 0 spiro atoms. The Kier molecular flexibility index (Phi) is 7.03. The molecule has 1 aromatic rings. The van der Waals surface area contributed by atoms with Crippen LogP contribution in [0.1, 0.15) is 25.3 Å². The van der Waals surface area contributed by atoms with Gasteiger partial charge in [0.1, 0.15) is 11.6 Å². The number of hydrogen-bond acceptors (Lipinski definition) is 5. The summed E-state index contributed by atoms with van der Waals surface area (Å²) in [6.07, 6.45) is 2.62. The fraction of sp³-hybridized carbons (Fsp3) is 0.421. The number of hydrogen-bond donors (Lipinski definition) is 2.